The first-order valence-corrected chi connectivity index (χ1v) is 17.6. The lowest BCUT2D eigenvalue weighted by Gasteiger charge is -2.37. The molecule has 0 spiro atoms. The zero-order valence-corrected chi connectivity index (χ0v) is 30.5. The highest BCUT2D eigenvalue weighted by atomic mass is 16.9. The summed E-state index contributed by atoms with van der Waals surface area (Å²) >= 11 is 0. The Balaban J connectivity index is 1.37. The molecule has 0 aliphatic carbocycles. The third kappa shape index (κ3) is 8.19. The molecule has 16 heteroatoms. The number of aliphatic hydroxyl groups excluding tert-OH is 1. The number of methoxy groups -OCH3 is 2. The van der Waals surface area contributed by atoms with E-state index in [0.29, 0.717) is 22.6 Å². The minimum Gasteiger partial charge on any atom is -0.497 e. The molecule has 2 N–H and O–H groups in total. The number of hydrogen-bond acceptors (Lipinski definition) is 14. The van der Waals surface area contributed by atoms with E-state index in [1.54, 1.807) is 52.3 Å². The molecule has 2 saturated heterocycles. The number of carbonyl (C=O) groups excluding carboxylic acids is 2. The van der Waals surface area contributed by atoms with Crippen LogP contribution in [0, 0.1) is 0 Å². The van der Waals surface area contributed by atoms with E-state index in [-0.39, 0.29) is 19.8 Å². The molecule has 4 aromatic rings. The fourth-order valence-corrected chi connectivity index (χ4v) is 6.55. The third-order valence-electron chi connectivity index (χ3n) is 9.17. The van der Waals surface area contributed by atoms with Gasteiger partial charge in [0.1, 0.15) is 35.4 Å². The topological polar surface area (TPSA) is 192 Å². The van der Waals surface area contributed by atoms with Crippen molar-refractivity contribution in [1.82, 2.24) is 9.55 Å². The Bertz CT molecular complexity index is 1940. The summed E-state index contributed by atoms with van der Waals surface area (Å²) in [5, 5.41) is 11.9. The Hall–Kier alpha value is -5.36. The molecule has 0 amide bonds. The Morgan fingerprint density at radius 2 is 1.29 bits per heavy atom. The molecule has 0 bridgehead atoms. The van der Waals surface area contributed by atoms with Crippen molar-refractivity contribution in [3.63, 3.8) is 0 Å². The van der Waals surface area contributed by atoms with Crippen LogP contribution in [-0.4, -0.2) is 97.6 Å². The van der Waals surface area contributed by atoms with E-state index >= 15 is 0 Å². The van der Waals surface area contributed by atoms with E-state index < -0.39 is 72.0 Å². The number of aliphatic hydroxyl groups is 1. The normalized spacial score (nSPS) is 22.6. The zero-order valence-electron chi connectivity index (χ0n) is 30.5. The molecule has 55 heavy (non-hydrogen) atoms. The molecule has 1 aromatic heterocycles. The van der Waals surface area contributed by atoms with Crippen molar-refractivity contribution in [1.29, 1.82) is 0 Å². The lowest BCUT2D eigenvalue weighted by Crippen LogP contribution is -2.42. The van der Waals surface area contributed by atoms with Crippen LogP contribution in [0.5, 0.6) is 11.5 Å². The largest absolute Gasteiger partial charge is 0.497 e. The van der Waals surface area contributed by atoms with Crippen LogP contribution in [0.25, 0.3) is 0 Å². The second-order valence-corrected chi connectivity index (χ2v) is 12.4. The smallest absolute Gasteiger partial charge is 0.338 e. The number of ether oxygens (including phenoxy) is 9. The molecule has 3 aromatic carbocycles. The van der Waals surface area contributed by atoms with Gasteiger partial charge in [0.05, 0.1) is 34.0 Å². The van der Waals surface area contributed by atoms with Crippen molar-refractivity contribution < 1.29 is 57.3 Å². The molecular formula is C39H42N2O14. The molecule has 292 valence electrons. The maximum atomic E-state index is 13.1. The molecule has 2 aliphatic rings. The monoisotopic (exact) mass is 762 g/mol. The van der Waals surface area contributed by atoms with Crippen LogP contribution >= 0.6 is 0 Å². The number of rotatable bonds is 15. The van der Waals surface area contributed by atoms with Crippen molar-refractivity contribution in [2.24, 2.45) is 0 Å². The van der Waals surface area contributed by atoms with Crippen LogP contribution in [0.15, 0.2) is 101 Å². The van der Waals surface area contributed by atoms with Gasteiger partial charge in [0.2, 0.25) is 0 Å². The van der Waals surface area contributed by atoms with Crippen LogP contribution in [-0.2, 0) is 48.3 Å². The molecule has 0 unspecified atom stereocenters. The van der Waals surface area contributed by atoms with Crippen molar-refractivity contribution in [3.05, 3.63) is 129 Å². The molecule has 6 atom stereocenters. The second kappa shape index (κ2) is 17.4. The average Bonchev–Trinajstić information content (AvgIpc) is 3.77. The van der Waals surface area contributed by atoms with E-state index in [1.165, 1.54) is 6.20 Å². The Morgan fingerprint density at radius 1 is 0.764 bits per heavy atom. The standard InChI is InChI=1S/C39H42N2O14/c1-5-49-35(44)32-33(36(45)50-6-2)55-38(54-32)53-31-30(43)28(52-34(31)41-21-20-29(42)40-37(41)46)22-51-39(23-10-8-7-9-11-23,24-12-16-26(47-3)17-13-24)25-14-18-27(48-4)19-15-25/h7-21,28,30-34,38,43H,5-6,22H2,1-4H3,(H,40,42,46)/t28-,30-,31-,32+,33+,34-/m0/s1. The van der Waals surface area contributed by atoms with Gasteiger partial charge >= 0.3 is 17.6 Å². The van der Waals surface area contributed by atoms with Crippen LogP contribution in [0.2, 0.25) is 0 Å². The van der Waals surface area contributed by atoms with Gasteiger partial charge in [0.15, 0.2) is 18.4 Å². The van der Waals surface area contributed by atoms with Crippen LogP contribution < -0.4 is 20.7 Å². The molecule has 0 radical (unpaired) electrons. The van der Waals surface area contributed by atoms with E-state index in [9.17, 15) is 24.3 Å². The highest BCUT2D eigenvalue weighted by Gasteiger charge is 2.53. The number of carbonyl (C=O) groups is 2. The van der Waals surface area contributed by atoms with E-state index in [1.807, 2.05) is 54.6 Å². The molecule has 16 nitrogen and oxygen atoms in total. The van der Waals surface area contributed by atoms with Gasteiger partial charge in [0, 0.05) is 12.3 Å². The quantitative estimate of drug-likeness (QED) is 0.133. The van der Waals surface area contributed by atoms with Crippen LogP contribution in [0.4, 0.5) is 0 Å². The molecule has 6 rings (SSSR count). The first-order valence-electron chi connectivity index (χ1n) is 17.6. The van der Waals surface area contributed by atoms with Crippen LogP contribution in [0.1, 0.15) is 36.8 Å². The molecule has 3 heterocycles. The summed E-state index contributed by atoms with van der Waals surface area (Å²) in [6, 6.07) is 25.2. The molecular weight excluding hydrogens is 720 g/mol. The van der Waals surface area contributed by atoms with E-state index in [4.69, 9.17) is 42.6 Å². The maximum absolute atomic E-state index is 13.1. The lowest BCUT2D eigenvalue weighted by molar-refractivity contribution is -0.281. The number of aromatic nitrogens is 2. The van der Waals surface area contributed by atoms with Gasteiger partial charge in [0.25, 0.3) is 12.0 Å². The average molecular weight is 763 g/mol. The van der Waals surface area contributed by atoms with Crippen molar-refractivity contribution in [2.45, 2.75) is 62.7 Å². The second-order valence-electron chi connectivity index (χ2n) is 12.4. The van der Waals surface area contributed by atoms with Gasteiger partial charge in [-0.1, -0.05) is 54.6 Å². The molecule has 0 saturated carbocycles. The van der Waals surface area contributed by atoms with Gasteiger partial charge in [-0.15, -0.1) is 0 Å². The number of aromatic amines is 1. The Morgan fingerprint density at radius 3 is 1.78 bits per heavy atom. The lowest BCUT2D eigenvalue weighted by atomic mass is 9.80. The number of H-pyrrole nitrogens is 1. The Kier molecular flexibility index (Phi) is 12.4. The maximum Gasteiger partial charge on any atom is 0.338 e. The number of esters is 2. The summed E-state index contributed by atoms with van der Waals surface area (Å²) in [6.07, 6.45) is -7.50. The minimum atomic E-state index is -1.73. The predicted molar refractivity (Wildman–Crippen MR) is 191 cm³/mol. The summed E-state index contributed by atoms with van der Waals surface area (Å²) in [5.74, 6) is -0.556. The number of nitrogens with zero attached hydrogens (tertiary/aromatic N) is 1. The van der Waals surface area contributed by atoms with Gasteiger partial charge in [-0.25, -0.2) is 14.4 Å². The summed E-state index contributed by atoms with van der Waals surface area (Å²) in [6.45, 7) is 1.13. The SMILES string of the molecule is CCOC(=O)[C@@H]1OC(O[C@H]2[C@@H](O)[C@H](COC(c3ccccc3)(c3ccc(OC)cc3)c3ccc(OC)cc3)O[C@@H]2n2ccc(=O)[nH]c2=O)O[C@H]1C(=O)OCC. The van der Waals surface area contributed by atoms with E-state index in [0.717, 1.165) is 16.2 Å². The van der Waals surface area contributed by atoms with Crippen LogP contribution in [0.3, 0.4) is 0 Å². The fraction of sp³-hybridized carbons (Fsp3) is 0.385. The summed E-state index contributed by atoms with van der Waals surface area (Å²) in [5.41, 5.74) is -0.675. The fourth-order valence-electron chi connectivity index (χ4n) is 6.55. The summed E-state index contributed by atoms with van der Waals surface area (Å²) in [4.78, 5) is 52.8. The van der Waals surface area contributed by atoms with Gasteiger partial charge < -0.3 is 47.7 Å². The molecule has 2 aliphatic heterocycles. The Labute approximate surface area is 315 Å². The number of nitrogens with one attached hydrogen (secondary N) is 1. The highest BCUT2D eigenvalue weighted by molar-refractivity contribution is 5.86. The number of benzene rings is 3. The van der Waals surface area contributed by atoms with Gasteiger partial charge in [-0.05, 0) is 54.8 Å². The minimum absolute atomic E-state index is 0.00859. The van der Waals surface area contributed by atoms with Gasteiger partial charge in [-0.2, -0.15) is 0 Å². The first kappa shape index (κ1) is 39.3. The molecule has 2 fully saturated rings. The van der Waals surface area contributed by atoms with Crippen molar-refractivity contribution >= 4 is 11.9 Å². The predicted octanol–water partition coefficient (Wildman–Crippen LogP) is 2.40. The van der Waals surface area contributed by atoms with E-state index in [2.05, 4.69) is 4.98 Å². The number of hydrogen-bond donors (Lipinski definition) is 2. The van der Waals surface area contributed by atoms with Gasteiger partial charge in [-0.3, -0.25) is 14.3 Å². The van der Waals surface area contributed by atoms with Crippen molar-refractivity contribution in [3.8, 4) is 11.5 Å². The first-order chi connectivity index (χ1) is 26.6. The van der Waals surface area contributed by atoms with Crippen molar-refractivity contribution in [2.75, 3.05) is 34.0 Å². The highest BCUT2D eigenvalue weighted by Crippen LogP contribution is 2.43. The zero-order chi connectivity index (χ0) is 39.1. The third-order valence-corrected chi connectivity index (χ3v) is 9.17. The summed E-state index contributed by atoms with van der Waals surface area (Å²) < 4.78 is 52.7. The summed E-state index contributed by atoms with van der Waals surface area (Å²) in [7, 11) is 3.13.